The van der Waals surface area contributed by atoms with Crippen molar-refractivity contribution in [1.82, 2.24) is 40.5 Å². The Morgan fingerprint density at radius 1 is 0.921 bits per heavy atom. The topological polar surface area (TPSA) is 199 Å². The number of anilines is 2. The molecule has 2 amide bonds. The highest BCUT2D eigenvalue weighted by molar-refractivity contribution is 9.13. The fourth-order valence-corrected chi connectivity index (χ4v) is 4.64. The molecule has 0 aromatic carbocycles. The van der Waals surface area contributed by atoms with Crippen LogP contribution in [0.2, 0.25) is 0 Å². The van der Waals surface area contributed by atoms with E-state index in [-0.39, 0.29) is 30.3 Å². The Labute approximate surface area is 249 Å². The highest BCUT2D eigenvalue weighted by Crippen LogP contribution is 2.25. The van der Waals surface area contributed by atoms with Crippen LogP contribution in [0.25, 0.3) is 12.2 Å². The molecule has 1 atom stereocenters. The maximum Gasteiger partial charge on any atom is 0.268 e. The van der Waals surface area contributed by atoms with Crippen LogP contribution in [0.5, 0.6) is 0 Å². The van der Waals surface area contributed by atoms with Crippen LogP contribution < -0.4 is 22.1 Å². The van der Waals surface area contributed by atoms with Gasteiger partial charge in [-0.1, -0.05) is 12.2 Å². The quantitative estimate of drug-likeness (QED) is 0.122. The first kappa shape index (κ1) is 27.9. The number of hydrogen-bond acceptors (Lipinski definition) is 6. The zero-order chi connectivity index (χ0) is 27.4. The third-order valence-electron chi connectivity index (χ3n) is 5.06. The van der Waals surface area contributed by atoms with Crippen molar-refractivity contribution in [2.24, 2.45) is 0 Å². The number of nitrogens with one attached hydrogen (secondary N) is 6. The summed E-state index contributed by atoms with van der Waals surface area (Å²) >= 11 is 13.4. The van der Waals surface area contributed by atoms with Crippen molar-refractivity contribution in [3.05, 3.63) is 77.1 Å². The van der Waals surface area contributed by atoms with Crippen LogP contribution in [0, 0.1) is 0 Å². The molecule has 4 rings (SSSR count). The van der Waals surface area contributed by atoms with Gasteiger partial charge >= 0.3 is 0 Å². The molecule has 0 radical (unpaired) electrons. The summed E-state index contributed by atoms with van der Waals surface area (Å²) < 4.78 is 2.76. The molecule has 0 aliphatic rings. The van der Waals surface area contributed by atoms with E-state index in [1.807, 2.05) is 0 Å². The number of aromatic nitrogens is 6. The lowest BCUT2D eigenvalue weighted by Gasteiger charge is -2.14. The van der Waals surface area contributed by atoms with Crippen molar-refractivity contribution in [3.8, 4) is 0 Å². The third kappa shape index (κ3) is 6.86. The smallest absolute Gasteiger partial charge is 0.268 e. The summed E-state index contributed by atoms with van der Waals surface area (Å²) in [6, 6.07) is 2.66. The molecular formula is C22H20Br4N10O2. The van der Waals surface area contributed by atoms with E-state index in [4.69, 9.17) is 11.5 Å². The number of halogens is 4. The van der Waals surface area contributed by atoms with Gasteiger partial charge in [0.15, 0.2) is 11.9 Å². The molecule has 4 aromatic rings. The Kier molecular flexibility index (Phi) is 8.96. The standard InChI is InChI=1S/C22H20Br4N10O2/c23-10-6-14(32-17(10)25)19(37)29-5-1-2-12-16(36-22(28)35-12)13(4-3-9-8-30-21(27)31-9)34-20(38)15-7-11(24)18(26)33-15/h1-4,6-8,13,32-33H,5H2,(H,29,37)(H,34,38)(H3,27,30,31)(H3,28,35,36)/b2-1+,4-3+. The third-order valence-corrected chi connectivity index (χ3v) is 8.62. The SMILES string of the molecule is Nc1ncc(/C=C/C(NC(=O)c2cc(Br)c(Br)[nH]2)c2[nH]c(N)nc2/C=C/CNC(=O)c2cc(Br)c(Br)[nH]2)[nH]1. The minimum Gasteiger partial charge on any atom is -0.369 e. The summed E-state index contributed by atoms with van der Waals surface area (Å²) in [5.74, 6) is -0.220. The molecule has 1 unspecified atom stereocenters. The molecule has 0 spiro atoms. The van der Waals surface area contributed by atoms with Gasteiger partial charge < -0.3 is 42.0 Å². The zero-order valence-electron chi connectivity index (χ0n) is 19.2. The fourth-order valence-electron chi connectivity index (χ4n) is 3.33. The van der Waals surface area contributed by atoms with Gasteiger partial charge in [0.25, 0.3) is 11.8 Å². The lowest BCUT2D eigenvalue weighted by Crippen LogP contribution is -2.28. The molecule has 0 aliphatic carbocycles. The van der Waals surface area contributed by atoms with Crippen molar-refractivity contribution in [2.75, 3.05) is 18.0 Å². The number of amides is 2. The Morgan fingerprint density at radius 2 is 1.58 bits per heavy atom. The molecule has 12 nitrogen and oxygen atoms in total. The number of nitrogens with zero attached hydrogens (tertiary/aromatic N) is 2. The van der Waals surface area contributed by atoms with E-state index in [1.54, 1.807) is 42.6 Å². The first-order valence-electron chi connectivity index (χ1n) is 10.8. The number of rotatable bonds is 9. The van der Waals surface area contributed by atoms with Crippen LogP contribution in [0.1, 0.15) is 44.1 Å². The van der Waals surface area contributed by atoms with Gasteiger partial charge in [-0.2, -0.15) is 0 Å². The summed E-state index contributed by atoms with van der Waals surface area (Å²) in [5.41, 5.74) is 14.0. The van der Waals surface area contributed by atoms with E-state index >= 15 is 0 Å². The number of nitrogens with two attached hydrogens (primary N) is 2. The molecule has 4 aromatic heterocycles. The summed E-state index contributed by atoms with van der Waals surface area (Å²) in [7, 11) is 0. The normalized spacial score (nSPS) is 12.4. The fraction of sp³-hybridized carbons (Fsp3) is 0.0909. The average molecular weight is 776 g/mol. The van der Waals surface area contributed by atoms with Crippen LogP contribution >= 0.6 is 63.7 Å². The van der Waals surface area contributed by atoms with Gasteiger partial charge in [0.1, 0.15) is 11.4 Å². The number of carbonyl (C=O) groups is 2. The van der Waals surface area contributed by atoms with E-state index in [1.165, 1.54) is 0 Å². The number of imidazole rings is 2. The molecule has 0 fully saturated rings. The minimum atomic E-state index is -0.666. The molecule has 4 heterocycles. The maximum atomic E-state index is 13.0. The van der Waals surface area contributed by atoms with Crippen molar-refractivity contribution in [3.63, 3.8) is 0 Å². The number of nitrogen functional groups attached to an aromatic ring is 2. The molecule has 0 saturated heterocycles. The monoisotopic (exact) mass is 772 g/mol. The maximum absolute atomic E-state index is 13.0. The number of H-pyrrole nitrogens is 4. The molecule has 10 N–H and O–H groups in total. The Hall–Kier alpha value is -3.08. The molecule has 38 heavy (non-hydrogen) atoms. The average Bonchev–Trinajstić information content (AvgIpc) is 3.63. The van der Waals surface area contributed by atoms with Crippen LogP contribution in [-0.4, -0.2) is 48.3 Å². The molecule has 0 bridgehead atoms. The van der Waals surface area contributed by atoms with Gasteiger partial charge in [-0.05, 0) is 88.0 Å². The summed E-state index contributed by atoms with van der Waals surface area (Å²) in [6.45, 7) is 0.226. The second-order valence-corrected chi connectivity index (χ2v) is 11.1. The predicted octanol–water partition coefficient (Wildman–Crippen LogP) is 4.63. The minimum absolute atomic E-state index is 0.161. The molecule has 198 valence electrons. The summed E-state index contributed by atoms with van der Waals surface area (Å²) in [6.07, 6.45) is 8.46. The lowest BCUT2D eigenvalue weighted by molar-refractivity contribution is 0.0935. The van der Waals surface area contributed by atoms with Crippen LogP contribution in [-0.2, 0) is 0 Å². The number of aromatic amines is 4. The van der Waals surface area contributed by atoms with Crippen LogP contribution in [0.4, 0.5) is 11.9 Å². The van der Waals surface area contributed by atoms with Gasteiger partial charge in [0, 0.05) is 6.54 Å². The summed E-state index contributed by atoms with van der Waals surface area (Å²) in [4.78, 5) is 45.5. The van der Waals surface area contributed by atoms with Crippen LogP contribution in [0.15, 0.2) is 48.6 Å². The van der Waals surface area contributed by atoms with Gasteiger partial charge in [-0.3, -0.25) is 9.59 Å². The number of carbonyl (C=O) groups excluding carboxylic acids is 2. The molecule has 16 heteroatoms. The van der Waals surface area contributed by atoms with E-state index < -0.39 is 6.04 Å². The highest BCUT2D eigenvalue weighted by Gasteiger charge is 2.21. The van der Waals surface area contributed by atoms with Crippen molar-refractivity contribution >= 4 is 99.6 Å². The first-order chi connectivity index (χ1) is 18.1. The van der Waals surface area contributed by atoms with E-state index in [2.05, 4.69) is 104 Å². The largest absolute Gasteiger partial charge is 0.369 e. The molecule has 0 aliphatic heterocycles. The van der Waals surface area contributed by atoms with E-state index in [9.17, 15) is 9.59 Å². The van der Waals surface area contributed by atoms with Gasteiger partial charge in [0.2, 0.25) is 0 Å². The van der Waals surface area contributed by atoms with Crippen LogP contribution in [0.3, 0.4) is 0 Å². The highest BCUT2D eigenvalue weighted by atomic mass is 79.9. The Balaban J connectivity index is 1.54. The zero-order valence-corrected chi connectivity index (χ0v) is 25.5. The predicted molar refractivity (Wildman–Crippen MR) is 159 cm³/mol. The number of hydrogen-bond donors (Lipinski definition) is 8. The van der Waals surface area contributed by atoms with Crippen molar-refractivity contribution in [2.45, 2.75) is 6.04 Å². The first-order valence-corrected chi connectivity index (χ1v) is 14.0. The van der Waals surface area contributed by atoms with Gasteiger partial charge in [-0.25, -0.2) is 9.97 Å². The second kappa shape index (κ2) is 12.2. The van der Waals surface area contributed by atoms with Gasteiger partial charge in [-0.15, -0.1) is 0 Å². The van der Waals surface area contributed by atoms with Crippen molar-refractivity contribution < 1.29 is 9.59 Å². The Morgan fingerprint density at radius 3 is 2.16 bits per heavy atom. The lowest BCUT2D eigenvalue weighted by atomic mass is 10.1. The molecular weight excluding hydrogens is 756 g/mol. The summed E-state index contributed by atoms with van der Waals surface area (Å²) in [5, 5.41) is 5.74. The molecule has 0 saturated carbocycles. The van der Waals surface area contributed by atoms with E-state index in [0.717, 1.165) is 4.47 Å². The Bertz CT molecular complexity index is 1490. The van der Waals surface area contributed by atoms with Crippen molar-refractivity contribution in [1.29, 1.82) is 0 Å². The van der Waals surface area contributed by atoms with Gasteiger partial charge in [0.05, 0.1) is 47.5 Å². The second-order valence-electron chi connectivity index (χ2n) is 7.76. The van der Waals surface area contributed by atoms with E-state index in [0.29, 0.717) is 42.1 Å².